The van der Waals surface area contributed by atoms with E-state index in [0.29, 0.717) is 12.2 Å². The Bertz CT molecular complexity index is 520. The van der Waals surface area contributed by atoms with Gasteiger partial charge in [-0.2, -0.15) is 0 Å². The van der Waals surface area contributed by atoms with Gasteiger partial charge in [0.2, 0.25) is 5.91 Å². The number of hydrogen-bond donors (Lipinski definition) is 1. The van der Waals surface area contributed by atoms with E-state index >= 15 is 0 Å². The maximum absolute atomic E-state index is 11.7. The molecular weight excluding hydrogens is 288 g/mol. The van der Waals surface area contributed by atoms with E-state index in [0.717, 1.165) is 44.3 Å². The van der Waals surface area contributed by atoms with Crippen LogP contribution >= 0.6 is 0 Å². The van der Waals surface area contributed by atoms with Gasteiger partial charge in [0.15, 0.2) is 0 Å². The fraction of sp³-hybridized carbons (Fsp3) is 0.667. The lowest BCUT2D eigenvalue weighted by Crippen LogP contribution is -2.49. The second-order valence-electron chi connectivity index (χ2n) is 6.66. The van der Waals surface area contributed by atoms with Crippen molar-refractivity contribution in [2.24, 2.45) is 0 Å². The number of amides is 1. The molecule has 2 heterocycles. The summed E-state index contributed by atoms with van der Waals surface area (Å²) in [6.07, 6.45) is 8.75. The van der Waals surface area contributed by atoms with E-state index in [2.05, 4.69) is 20.1 Å². The summed E-state index contributed by atoms with van der Waals surface area (Å²) in [7, 11) is 0. The van der Waals surface area contributed by atoms with Gasteiger partial charge in [-0.1, -0.05) is 19.8 Å². The van der Waals surface area contributed by atoms with Crippen LogP contribution in [0.15, 0.2) is 18.3 Å². The van der Waals surface area contributed by atoms with Gasteiger partial charge in [0.05, 0.1) is 0 Å². The summed E-state index contributed by atoms with van der Waals surface area (Å²) in [5, 5.41) is 2.89. The molecule has 0 unspecified atom stereocenters. The summed E-state index contributed by atoms with van der Waals surface area (Å²) < 4.78 is 0. The lowest BCUT2D eigenvalue weighted by atomic mass is 10.1. The van der Waals surface area contributed by atoms with Crippen LogP contribution < -0.4 is 10.2 Å². The molecule has 1 saturated carbocycles. The molecule has 2 aliphatic rings. The van der Waals surface area contributed by atoms with Gasteiger partial charge in [0.25, 0.3) is 0 Å². The van der Waals surface area contributed by atoms with Crippen LogP contribution in [0.25, 0.3) is 0 Å². The molecule has 0 aromatic carbocycles. The molecule has 0 spiro atoms. The Morgan fingerprint density at radius 3 is 2.70 bits per heavy atom. The Kier molecular flexibility index (Phi) is 5.49. The zero-order valence-corrected chi connectivity index (χ0v) is 14.1. The third-order valence-electron chi connectivity index (χ3n) is 5.01. The van der Waals surface area contributed by atoms with E-state index in [9.17, 15) is 4.79 Å². The van der Waals surface area contributed by atoms with E-state index in [1.807, 2.05) is 19.1 Å². The number of carbonyl (C=O) groups excluding carboxylic acids is 1. The Morgan fingerprint density at radius 2 is 2.00 bits per heavy atom. The van der Waals surface area contributed by atoms with Gasteiger partial charge in [0, 0.05) is 56.6 Å². The van der Waals surface area contributed by atoms with Crippen LogP contribution in [-0.2, 0) is 4.79 Å². The van der Waals surface area contributed by atoms with Gasteiger partial charge in [-0.15, -0.1) is 0 Å². The minimum atomic E-state index is 0.0446. The SMILES string of the molecule is CCCC(=O)Nc1cc(N2CCN(C3CCCC3)CC2)ccn1. The maximum Gasteiger partial charge on any atom is 0.225 e. The van der Waals surface area contributed by atoms with Crippen LogP contribution in [0.3, 0.4) is 0 Å². The van der Waals surface area contributed by atoms with Crippen molar-refractivity contribution in [2.75, 3.05) is 36.4 Å². The third kappa shape index (κ3) is 4.22. The molecule has 5 heteroatoms. The lowest BCUT2D eigenvalue weighted by molar-refractivity contribution is -0.116. The van der Waals surface area contributed by atoms with Crippen LogP contribution in [0, 0.1) is 0 Å². The van der Waals surface area contributed by atoms with E-state index in [1.165, 1.54) is 25.7 Å². The van der Waals surface area contributed by atoms with Crippen LogP contribution in [0.5, 0.6) is 0 Å². The van der Waals surface area contributed by atoms with E-state index in [4.69, 9.17) is 0 Å². The number of hydrogen-bond acceptors (Lipinski definition) is 4. The van der Waals surface area contributed by atoms with Gasteiger partial charge in [-0.05, 0) is 25.3 Å². The van der Waals surface area contributed by atoms with Crippen LogP contribution in [0.1, 0.15) is 45.4 Å². The van der Waals surface area contributed by atoms with Gasteiger partial charge in [-0.3, -0.25) is 9.69 Å². The first-order valence-electron chi connectivity index (χ1n) is 9.01. The van der Waals surface area contributed by atoms with Gasteiger partial charge in [-0.25, -0.2) is 4.98 Å². The van der Waals surface area contributed by atoms with E-state index in [1.54, 1.807) is 6.20 Å². The Morgan fingerprint density at radius 1 is 1.26 bits per heavy atom. The molecule has 1 aliphatic carbocycles. The number of nitrogens with zero attached hydrogens (tertiary/aromatic N) is 3. The van der Waals surface area contributed by atoms with Crippen molar-refractivity contribution in [3.63, 3.8) is 0 Å². The first-order valence-corrected chi connectivity index (χ1v) is 9.01. The predicted molar refractivity (Wildman–Crippen MR) is 93.8 cm³/mol. The third-order valence-corrected chi connectivity index (χ3v) is 5.01. The number of aromatic nitrogens is 1. The Balaban J connectivity index is 1.56. The summed E-state index contributed by atoms with van der Waals surface area (Å²) in [5.74, 6) is 0.711. The molecule has 1 N–H and O–H groups in total. The normalized spacial score (nSPS) is 20.0. The minimum absolute atomic E-state index is 0.0446. The standard InChI is InChI=1S/C18H28N4O/c1-2-5-18(23)20-17-14-16(8-9-19-17)22-12-10-21(11-13-22)15-6-3-4-7-15/h8-9,14-15H,2-7,10-13H2,1H3,(H,19,20,23). The van der Waals surface area contributed by atoms with Crippen molar-refractivity contribution in [2.45, 2.75) is 51.5 Å². The molecule has 1 saturated heterocycles. The summed E-state index contributed by atoms with van der Waals surface area (Å²) in [6, 6.07) is 4.86. The van der Waals surface area contributed by atoms with Crippen LogP contribution in [0.4, 0.5) is 11.5 Å². The Labute approximate surface area is 139 Å². The van der Waals surface area contributed by atoms with Gasteiger partial charge in [0.1, 0.15) is 5.82 Å². The van der Waals surface area contributed by atoms with Gasteiger partial charge < -0.3 is 10.2 Å². The highest BCUT2D eigenvalue weighted by Gasteiger charge is 2.26. The monoisotopic (exact) mass is 316 g/mol. The molecule has 1 aromatic rings. The molecule has 5 nitrogen and oxygen atoms in total. The van der Waals surface area contributed by atoms with Gasteiger partial charge >= 0.3 is 0 Å². The molecule has 126 valence electrons. The number of anilines is 2. The molecular formula is C18H28N4O. The molecule has 1 amide bonds. The molecule has 3 rings (SSSR count). The second-order valence-corrected chi connectivity index (χ2v) is 6.66. The maximum atomic E-state index is 11.7. The minimum Gasteiger partial charge on any atom is -0.369 e. The van der Waals surface area contributed by atoms with Crippen molar-refractivity contribution in [1.29, 1.82) is 0 Å². The van der Waals surface area contributed by atoms with Crippen LogP contribution in [-0.4, -0.2) is 48.0 Å². The van der Waals surface area contributed by atoms with Crippen molar-refractivity contribution >= 4 is 17.4 Å². The predicted octanol–water partition coefficient (Wildman–Crippen LogP) is 2.88. The molecule has 1 aromatic heterocycles. The highest BCUT2D eigenvalue weighted by atomic mass is 16.1. The topological polar surface area (TPSA) is 48.5 Å². The van der Waals surface area contributed by atoms with Crippen molar-refractivity contribution < 1.29 is 4.79 Å². The highest BCUT2D eigenvalue weighted by molar-refractivity contribution is 5.90. The Hall–Kier alpha value is -1.62. The van der Waals surface area contributed by atoms with Crippen molar-refractivity contribution in [3.8, 4) is 0 Å². The molecule has 0 bridgehead atoms. The number of pyridine rings is 1. The molecule has 0 atom stereocenters. The summed E-state index contributed by atoms with van der Waals surface area (Å²) in [5.41, 5.74) is 1.16. The number of rotatable bonds is 5. The first kappa shape index (κ1) is 16.2. The lowest BCUT2D eigenvalue weighted by Gasteiger charge is -2.39. The van der Waals surface area contributed by atoms with Crippen molar-refractivity contribution in [3.05, 3.63) is 18.3 Å². The largest absolute Gasteiger partial charge is 0.369 e. The summed E-state index contributed by atoms with van der Waals surface area (Å²) in [6.45, 7) is 6.41. The quantitative estimate of drug-likeness (QED) is 0.907. The average molecular weight is 316 g/mol. The number of carbonyl (C=O) groups is 1. The molecule has 23 heavy (non-hydrogen) atoms. The molecule has 0 radical (unpaired) electrons. The highest BCUT2D eigenvalue weighted by Crippen LogP contribution is 2.26. The fourth-order valence-corrected chi connectivity index (χ4v) is 3.73. The zero-order chi connectivity index (χ0) is 16.1. The average Bonchev–Trinajstić information content (AvgIpc) is 3.10. The zero-order valence-electron chi connectivity index (χ0n) is 14.1. The van der Waals surface area contributed by atoms with E-state index in [-0.39, 0.29) is 5.91 Å². The summed E-state index contributed by atoms with van der Waals surface area (Å²) in [4.78, 5) is 21.1. The number of piperazine rings is 1. The molecule has 2 fully saturated rings. The molecule has 1 aliphatic heterocycles. The smallest absolute Gasteiger partial charge is 0.225 e. The van der Waals surface area contributed by atoms with Crippen LogP contribution in [0.2, 0.25) is 0 Å². The first-order chi connectivity index (χ1) is 11.3. The van der Waals surface area contributed by atoms with Crippen molar-refractivity contribution in [1.82, 2.24) is 9.88 Å². The number of nitrogens with one attached hydrogen (secondary N) is 1. The fourth-order valence-electron chi connectivity index (χ4n) is 3.73. The summed E-state index contributed by atoms with van der Waals surface area (Å²) >= 11 is 0. The van der Waals surface area contributed by atoms with E-state index < -0.39 is 0 Å². The second kappa shape index (κ2) is 7.77.